The Balaban J connectivity index is 1.48. The van der Waals surface area contributed by atoms with Gasteiger partial charge in [-0.3, -0.25) is 19.1 Å². The number of likely N-dealkylation sites (tertiary alicyclic amines) is 1. The van der Waals surface area contributed by atoms with Gasteiger partial charge < -0.3 is 10.2 Å². The number of benzene rings is 1. The maximum atomic E-state index is 13.8. The molecule has 1 aromatic carbocycles. The Bertz CT molecular complexity index is 1730. The zero-order valence-corrected chi connectivity index (χ0v) is 25.1. The number of ketones is 1. The lowest BCUT2D eigenvalue weighted by Crippen LogP contribution is -2.44. The molecule has 4 aromatic rings. The fourth-order valence-corrected chi connectivity index (χ4v) is 5.53. The normalized spacial score (nSPS) is 16.8. The van der Waals surface area contributed by atoms with E-state index in [1.165, 1.54) is 11.8 Å². The number of rotatable bonds is 6. The number of carbonyl (C=O) groups excluding carboxylic acids is 3. The Morgan fingerprint density at radius 1 is 1.07 bits per heavy atom. The summed E-state index contributed by atoms with van der Waals surface area (Å²) in [6, 6.07) is 6.73. The van der Waals surface area contributed by atoms with Gasteiger partial charge in [0.2, 0.25) is 11.8 Å². The largest absolute Gasteiger partial charge is 0.309 e. The van der Waals surface area contributed by atoms with Crippen LogP contribution in [0.1, 0.15) is 47.7 Å². The first-order chi connectivity index (χ1) is 19.4. The predicted octanol–water partition coefficient (Wildman–Crippen LogP) is 5.17. The van der Waals surface area contributed by atoms with Crippen LogP contribution in [-0.4, -0.2) is 53.3 Å². The van der Waals surface area contributed by atoms with Crippen LogP contribution in [0, 0.1) is 26.7 Å². The molecule has 10 nitrogen and oxygen atoms in total. The minimum atomic E-state index is -0.756. The number of aryl methyl sites for hydroxylation is 3. The Morgan fingerprint density at radius 2 is 1.78 bits per heavy atom. The number of hydrogen-bond acceptors (Lipinski definition) is 7. The summed E-state index contributed by atoms with van der Waals surface area (Å²) in [6.45, 7) is 12.9. The average molecular weight is 617 g/mol. The van der Waals surface area contributed by atoms with Crippen LogP contribution in [0.15, 0.2) is 53.5 Å². The van der Waals surface area contributed by atoms with E-state index in [1.807, 2.05) is 45.9 Å². The van der Waals surface area contributed by atoms with E-state index in [2.05, 4.69) is 47.9 Å². The molecule has 0 radical (unpaired) electrons. The van der Waals surface area contributed by atoms with Crippen molar-refractivity contribution in [1.82, 2.24) is 29.6 Å². The molecule has 210 valence electrons. The molecule has 1 saturated heterocycles. The van der Waals surface area contributed by atoms with Crippen molar-refractivity contribution < 1.29 is 14.4 Å². The second kappa shape index (κ2) is 11.0. The van der Waals surface area contributed by atoms with Gasteiger partial charge in [-0.1, -0.05) is 19.6 Å². The number of amides is 2. The Morgan fingerprint density at radius 3 is 2.46 bits per heavy atom. The standard InChI is InChI=1S/C30H30BrN7O3/c1-15-7-8-25(31)34-29(15)35-30(41)24-10-16(2)18(4)38(24)26(40)14-37-28-17(3)9-21(22-12-32-20(6)33-13-22)11-23(28)27(36-37)19(5)39/h7-9,11-13,16,24H,4,10,14H2,1-3,5-6H3,(H,34,35,41)/t16-,24-/m0/s1. The van der Waals surface area contributed by atoms with Crippen molar-refractivity contribution in [2.75, 3.05) is 5.32 Å². The molecule has 0 aliphatic carbocycles. The van der Waals surface area contributed by atoms with E-state index in [9.17, 15) is 14.4 Å². The fraction of sp³-hybridized carbons (Fsp3) is 0.300. The quantitative estimate of drug-likeness (QED) is 0.234. The number of carbonyl (C=O) groups is 3. The van der Waals surface area contributed by atoms with Crippen molar-refractivity contribution in [2.24, 2.45) is 5.92 Å². The molecule has 0 spiro atoms. The van der Waals surface area contributed by atoms with Crippen LogP contribution < -0.4 is 5.32 Å². The molecule has 1 fully saturated rings. The van der Waals surface area contributed by atoms with Gasteiger partial charge in [0.05, 0.1) is 5.52 Å². The number of aromatic nitrogens is 5. The zero-order chi connectivity index (χ0) is 29.6. The number of nitrogens with one attached hydrogen (secondary N) is 1. The summed E-state index contributed by atoms with van der Waals surface area (Å²) < 4.78 is 2.14. The summed E-state index contributed by atoms with van der Waals surface area (Å²) >= 11 is 3.34. The van der Waals surface area contributed by atoms with E-state index in [4.69, 9.17) is 0 Å². The minimum absolute atomic E-state index is 0.0746. The first-order valence-electron chi connectivity index (χ1n) is 13.2. The van der Waals surface area contributed by atoms with Crippen LogP contribution >= 0.6 is 15.9 Å². The smallest absolute Gasteiger partial charge is 0.249 e. The third-order valence-corrected chi connectivity index (χ3v) is 7.85. The maximum absolute atomic E-state index is 13.8. The first-order valence-corrected chi connectivity index (χ1v) is 14.0. The first kappa shape index (κ1) is 28.3. The van der Waals surface area contributed by atoms with Crippen molar-refractivity contribution in [3.63, 3.8) is 0 Å². The van der Waals surface area contributed by atoms with Crippen LogP contribution in [0.4, 0.5) is 5.82 Å². The van der Waals surface area contributed by atoms with Crippen molar-refractivity contribution >= 4 is 50.2 Å². The zero-order valence-electron chi connectivity index (χ0n) is 23.5. The fourth-order valence-electron chi connectivity index (χ4n) is 5.22. The van der Waals surface area contributed by atoms with E-state index >= 15 is 0 Å². The summed E-state index contributed by atoms with van der Waals surface area (Å²) in [6.07, 6.45) is 3.91. The van der Waals surface area contributed by atoms with E-state index < -0.39 is 6.04 Å². The van der Waals surface area contributed by atoms with Gasteiger partial charge in [0.25, 0.3) is 0 Å². The van der Waals surface area contributed by atoms with E-state index in [1.54, 1.807) is 23.1 Å². The van der Waals surface area contributed by atoms with Crippen LogP contribution in [0.2, 0.25) is 0 Å². The van der Waals surface area contributed by atoms with Gasteiger partial charge in [-0.2, -0.15) is 5.10 Å². The van der Waals surface area contributed by atoms with Gasteiger partial charge in [-0.05, 0) is 83.9 Å². The van der Waals surface area contributed by atoms with E-state index in [0.717, 1.165) is 22.3 Å². The van der Waals surface area contributed by atoms with Crippen molar-refractivity contribution in [2.45, 2.75) is 53.6 Å². The number of fused-ring (bicyclic) bond motifs is 1. The molecule has 5 rings (SSSR count). The van der Waals surface area contributed by atoms with Gasteiger partial charge >= 0.3 is 0 Å². The van der Waals surface area contributed by atoms with E-state index in [-0.39, 0.29) is 35.8 Å². The highest BCUT2D eigenvalue weighted by molar-refractivity contribution is 9.10. The molecule has 2 amide bonds. The van der Waals surface area contributed by atoms with Crippen LogP contribution in [0.5, 0.6) is 0 Å². The molecule has 0 bridgehead atoms. The lowest BCUT2D eigenvalue weighted by molar-refractivity contribution is -0.135. The van der Waals surface area contributed by atoms with Crippen LogP contribution in [-0.2, 0) is 16.1 Å². The molecular weight excluding hydrogens is 586 g/mol. The second-order valence-corrected chi connectivity index (χ2v) is 11.3. The summed E-state index contributed by atoms with van der Waals surface area (Å²) in [5, 5.41) is 8.07. The summed E-state index contributed by atoms with van der Waals surface area (Å²) in [5.41, 5.74) is 4.80. The highest BCUT2D eigenvalue weighted by atomic mass is 79.9. The van der Waals surface area contributed by atoms with Gasteiger partial charge in [0.15, 0.2) is 5.78 Å². The third-order valence-electron chi connectivity index (χ3n) is 7.41. The average Bonchev–Trinajstić information content (AvgIpc) is 3.44. The van der Waals surface area contributed by atoms with Crippen molar-refractivity contribution in [1.29, 1.82) is 0 Å². The molecule has 11 heteroatoms. The number of hydrogen-bond donors (Lipinski definition) is 1. The molecule has 1 N–H and O–H groups in total. The topological polar surface area (TPSA) is 123 Å². The molecule has 4 heterocycles. The van der Waals surface area contributed by atoms with Crippen molar-refractivity contribution in [3.8, 4) is 11.1 Å². The number of Topliss-reactive ketones (excluding diaryl/α,β-unsaturated/α-hetero) is 1. The molecule has 1 aliphatic heterocycles. The van der Waals surface area contributed by atoms with Crippen LogP contribution in [0.3, 0.4) is 0 Å². The SMILES string of the molecule is C=C1[C@@H](C)C[C@@H](C(=O)Nc2nc(Br)ccc2C)N1C(=O)Cn1nc(C(C)=O)c2cc(-c3cnc(C)nc3)cc(C)c21. The number of anilines is 1. The summed E-state index contributed by atoms with van der Waals surface area (Å²) in [7, 11) is 0. The monoisotopic (exact) mass is 615 g/mol. The van der Waals surface area contributed by atoms with Gasteiger partial charge in [-0.15, -0.1) is 0 Å². The second-order valence-electron chi connectivity index (χ2n) is 10.5. The lowest BCUT2D eigenvalue weighted by atomic mass is 10.0. The predicted molar refractivity (Wildman–Crippen MR) is 159 cm³/mol. The van der Waals surface area contributed by atoms with Gasteiger partial charge in [0.1, 0.15) is 34.5 Å². The lowest BCUT2D eigenvalue weighted by Gasteiger charge is -2.25. The summed E-state index contributed by atoms with van der Waals surface area (Å²) in [5.74, 6) is 0.120. The maximum Gasteiger partial charge on any atom is 0.249 e. The molecule has 0 unspecified atom stereocenters. The highest BCUT2D eigenvalue weighted by Gasteiger charge is 2.41. The Hall–Kier alpha value is -4.25. The van der Waals surface area contributed by atoms with Gasteiger partial charge in [-0.25, -0.2) is 15.0 Å². The molecule has 0 saturated carbocycles. The molecule has 1 aliphatic rings. The molecular formula is C30H30BrN7O3. The molecule has 41 heavy (non-hydrogen) atoms. The number of allylic oxidation sites excluding steroid dienone is 1. The van der Waals surface area contributed by atoms with Crippen molar-refractivity contribution in [3.05, 3.63) is 76.2 Å². The molecule has 3 aromatic heterocycles. The summed E-state index contributed by atoms with van der Waals surface area (Å²) in [4.78, 5) is 54.2. The number of pyridine rings is 1. The Labute approximate surface area is 246 Å². The third kappa shape index (κ3) is 5.41. The number of nitrogens with zero attached hydrogens (tertiary/aromatic N) is 6. The van der Waals surface area contributed by atoms with Crippen LogP contribution in [0.25, 0.3) is 22.0 Å². The highest BCUT2D eigenvalue weighted by Crippen LogP contribution is 2.34. The van der Waals surface area contributed by atoms with Gasteiger partial charge in [0, 0.05) is 36.0 Å². The van der Waals surface area contributed by atoms with E-state index in [0.29, 0.717) is 39.3 Å². The Kier molecular flexibility index (Phi) is 7.56. The number of halogens is 1. The minimum Gasteiger partial charge on any atom is -0.309 e. The molecule has 2 atom stereocenters.